The molecule has 1 aliphatic rings. The first kappa shape index (κ1) is 16.6. The third-order valence-corrected chi connectivity index (χ3v) is 6.44. The Bertz CT molecular complexity index is 777. The van der Waals surface area contributed by atoms with Crippen molar-refractivity contribution in [3.05, 3.63) is 58.1 Å². The fraction of sp³-hybridized carbons (Fsp3) is 0.176. The fourth-order valence-corrected chi connectivity index (χ4v) is 4.32. The SMILES string of the molecule is Cc1ccc(NC(=O)CSC2=Nc3ccccc3CS2)cc1Br. The molecule has 6 heteroatoms. The summed E-state index contributed by atoms with van der Waals surface area (Å²) in [7, 11) is 0. The number of rotatable bonds is 3. The van der Waals surface area contributed by atoms with Gasteiger partial charge in [0.25, 0.3) is 0 Å². The smallest absolute Gasteiger partial charge is 0.234 e. The molecule has 0 aromatic heterocycles. The van der Waals surface area contributed by atoms with Gasteiger partial charge in [0, 0.05) is 15.9 Å². The number of para-hydroxylation sites is 1. The zero-order valence-electron chi connectivity index (χ0n) is 12.5. The molecule has 0 saturated heterocycles. The molecule has 23 heavy (non-hydrogen) atoms. The van der Waals surface area contributed by atoms with Crippen molar-refractivity contribution >= 4 is 61.1 Å². The third kappa shape index (κ3) is 4.40. The molecule has 0 radical (unpaired) electrons. The van der Waals surface area contributed by atoms with Crippen molar-refractivity contribution in [3.63, 3.8) is 0 Å². The molecule has 0 aliphatic carbocycles. The lowest BCUT2D eigenvalue weighted by Crippen LogP contribution is -2.15. The van der Waals surface area contributed by atoms with E-state index in [9.17, 15) is 4.79 Å². The molecule has 1 aliphatic heterocycles. The molecule has 1 heterocycles. The number of fused-ring (bicyclic) bond motifs is 1. The number of aliphatic imine (C=N–C) groups is 1. The van der Waals surface area contributed by atoms with Crippen LogP contribution < -0.4 is 5.32 Å². The molecule has 2 aromatic carbocycles. The van der Waals surface area contributed by atoms with Crippen LogP contribution in [0, 0.1) is 6.92 Å². The van der Waals surface area contributed by atoms with E-state index in [2.05, 4.69) is 32.3 Å². The van der Waals surface area contributed by atoms with Crippen molar-refractivity contribution in [2.45, 2.75) is 12.7 Å². The van der Waals surface area contributed by atoms with Gasteiger partial charge in [0.05, 0.1) is 11.4 Å². The van der Waals surface area contributed by atoms with Gasteiger partial charge in [0.1, 0.15) is 4.38 Å². The van der Waals surface area contributed by atoms with Gasteiger partial charge in [-0.05, 0) is 36.2 Å². The molecule has 3 nitrogen and oxygen atoms in total. The largest absolute Gasteiger partial charge is 0.325 e. The minimum Gasteiger partial charge on any atom is -0.325 e. The first-order valence-corrected chi connectivity index (χ1v) is 9.86. The fourth-order valence-electron chi connectivity index (χ4n) is 2.08. The molecule has 0 atom stereocenters. The number of anilines is 1. The van der Waals surface area contributed by atoms with Crippen molar-refractivity contribution in [1.82, 2.24) is 0 Å². The molecule has 1 N–H and O–H groups in total. The molecular weight excluding hydrogens is 392 g/mol. The van der Waals surface area contributed by atoms with Crippen molar-refractivity contribution in [2.24, 2.45) is 4.99 Å². The summed E-state index contributed by atoms with van der Waals surface area (Å²) < 4.78 is 1.94. The van der Waals surface area contributed by atoms with Crippen LogP contribution >= 0.6 is 39.5 Å². The lowest BCUT2D eigenvalue weighted by Gasteiger charge is -2.14. The predicted octanol–water partition coefficient (Wildman–Crippen LogP) is 5.36. The normalized spacial score (nSPS) is 13.2. The Balaban J connectivity index is 1.57. The van der Waals surface area contributed by atoms with Gasteiger partial charge in [-0.25, -0.2) is 4.99 Å². The molecular formula is C17H15BrN2OS2. The van der Waals surface area contributed by atoms with Crippen molar-refractivity contribution < 1.29 is 4.79 Å². The summed E-state index contributed by atoms with van der Waals surface area (Å²) >= 11 is 6.64. The van der Waals surface area contributed by atoms with Crippen molar-refractivity contribution in [2.75, 3.05) is 11.1 Å². The Labute approximate surface area is 152 Å². The van der Waals surface area contributed by atoms with Crippen LogP contribution in [0.2, 0.25) is 0 Å². The zero-order chi connectivity index (χ0) is 16.2. The Kier molecular flexibility index (Phi) is 5.46. The number of amides is 1. The van der Waals surface area contributed by atoms with E-state index in [0.717, 1.165) is 31.5 Å². The molecule has 2 aromatic rings. The van der Waals surface area contributed by atoms with Gasteiger partial charge in [-0.1, -0.05) is 63.7 Å². The van der Waals surface area contributed by atoms with E-state index in [4.69, 9.17) is 0 Å². The van der Waals surface area contributed by atoms with Crippen LogP contribution in [0.1, 0.15) is 11.1 Å². The number of hydrogen-bond donors (Lipinski definition) is 1. The highest BCUT2D eigenvalue weighted by atomic mass is 79.9. The maximum Gasteiger partial charge on any atom is 0.234 e. The molecule has 0 bridgehead atoms. The molecule has 3 rings (SSSR count). The summed E-state index contributed by atoms with van der Waals surface area (Å²) in [5.41, 5.74) is 4.20. The van der Waals surface area contributed by atoms with Crippen LogP contribution in [0.5, 0.6) is 0 Å². The van der Waals surface area contributed by atoms with Crippen LogP contribution in [0.25, 0.3) is 0 Å². The lowest BCUT2D eigenvalue weighted by molar-refractivity contribution is -0.113. The third-order valence-electron chi connectivity index (χ3n) is 3.34. The Morgan fingerprint density at radius 1 is 1.35 bits per heavy atom. The van der Waals surface area contributed by atoms with Crippen molar-refractivity contribution in [3.8, 4) is 0 Å². The molecule has 0 fully saturated rings. The topological polar surface area (TPSA) is 41.5 Å². The molecule has 118 valence electrons. The summed E-state index contributed by atoms with van der Waals surface area (Å²) in [6.45, 7) is 2.02. The van der Waals surface area contributed by atoms with Gasteiger partial charge in [-0.3, -0.25) is 4.79 Å². The molecule has 1 amide bonds. The summed E-state index contributed by atoms with van der Waals surface area (Å²) in [5, 5.41) is 2.91. The summed E-state index contributed by atoms with van der Waals surface area (Å²) in [4.78, 5) is 16.7. The van der Waals surface area contributed by atoms with Crippen molar-refractivity contribution in [1.29, 1.82) is 0 Å². The lowest BCUT2D eigenvalue weighted by atomic mass is 10.2. The number of aryl methyl sites for hydroxylation is 1. The van der Waals surface area contributed by atoms with Crippen LogP contribution in [0.3, 0.4) is 0 Å². The quantitative estimate of drug-likeness (QED) is 0.745. The Morgan fingerprint density at radius 3 is 3.00 bits per heavy atom. The Hall–Kier alpha value is -1.24. The van der Waals surface area contributed by atoms with Gasteiger partial charge in [0.2, 0.25) is 5.91 Å². The second-order valence-electron chi connectivity index (χ2n) is 5.10. The van der Waals surface area contributed by atoms with Gasteiger partial charge in [-0.15, -0.1) is 0 Å². The average Bonchev–Trinajstić information content (AvgIpc) is 2.56. The number of carbonyl (C=O) groups excluding carboxylic acids is 1. The maximum absolute atomic E-state index is 12.1. The molecule has 0 spiro atoms. The zero-order valence-corrected chi connectivity index (χ0v) is 15.7. The number of nitrogens with zero attached hydrogens (tertiary/aromatic N) is 1. The van der Waals surface area contributed by atoms with E-state index < -0.39 is 0 Å². The monoisotopic (exact) mass is 406 g/mol. The number of thioether (sulfide) groups is 2. The predicted molar refractivity (Wildman–Crippen MR) is 105 cm³/mol. The number of carbonyl (C=O) groups is 1. The first-order chi connectivity index (χ1) is 11.1. The minimum atomic E-state index is -0.0205. The van der Waals surface area contributed by atoms with E-state index >= 15 is 0 Å². The number of nitrogens with one attached hydrogen (secondary N) is 1. The van der Waals surface area contributed by atoms with E-state index in [1.54, 1.807) is 11.8 Å². The summed E-state index contributed by atoms with van der Waals surface area (Å²) in [6.07, 6.45) is 0. The highest BCUT2D eigenvalue weighted by Gasteiger charge is 2.14. The van der Waals surface area contributed by atoms with Crippen LogP contribution in [-0.2, 0) is 10.5 Å². The summed E-state index contributed by atoms with van der Waals surface area (Å²) in [5.74, 6) is 1.25. The number of halogens is 1. The minimum absolute atomic E-state index is 0.0205. The second kappa shape index (κ2) is 7.55. The highest BCUT2D eigenvalue weighted by Crippen LogP contribution is 2.34. The first-order valence-electron chi connectivity index (χ1n) is 7.10. The van der Waals surface area contributed by atoms with Gasteiger partial charge >= 0.3 is 0 Å². The number of benzene rings is 2. The average molecular weight is 407 g/mol. The van der Waals surface area contributed by atoms with Crippen LogP contribution in [0.15, 0.2) is 51.9 Å². The van der Waals surface area contributed by atoms with E-state index in [1.165, 1.54) is 17.3 Å². The van der Waals surface area contributed by atoms with E-state index in [-0.39, 0.29) is 5.91 Å². The van der Waals surface area contributed by atoms with Gasteiger partial charge in [0.15, 0.2) is 0 Å². The van der Waals surface area contributed by atoms with Crippen LogP contribution in [0.4, 0.5) is 11.4 Å². The number of hydrogen-bond acceptors (Lipinski definition) is 4. The highest BCUT2D eigenvalue weighted by molar-refractivity contribution is 9.10. The van der Waals surface area contributed by atoms with Crippen LogP contribution in [-0.4, -0.2) is 16.0 Å². The van der Waals surface area contributed by atoms with Gasteiger partial charge < -0.3 is 5.32 Å². The van der Waals surface area contributed by atoms with E-state index in [1.807, 2.05) is 43.3 Å². The summed E-state index contributed by atoms with van der Waals surface area (Å²) in [6, 6.07) is 13.9. The molecule has 0 saturated carbocycles. The standard InChI is InChI=1S/C17H15BrN2OS2/c1-11-6-7-13(8-14(11)18)19-16(21)10-23-17-20-15-5-3-2-4-12(15)9-22-17/h2-8H,9-10H2,1H3,(H,19,21). The molecule has 0 unspecified atom stereocenters. The van der Waals surface area contributed by atoms with E-state index in [0.29, 0.717) is 5.75 Å². The second-order valence-corrected chi connectivity index (χ2v) is 8.14. The van der Waals surface area contributed by atoms with Gasteiger partial charge in [-0.2, -0.15) is 0 Å². The maximum atomic E-state index is 12.1. The Morgan fingerprint density at radius 2 is 2.17 bits per heavy atom.